The summed E-state index contributed by atoms with van der Waals surface area (Å²) in [6, 6.07) is 3.36. The van der Waals surface area contributed by atoms with Crippen molar-refractivity contribution in [1.82, 2.24) is 9.29 Å². The van der Waals surface area contributed by atoms with Gasteiger partial charge in [-0.3, -0.25) is 9.52 Å². The van der Waals surface area contributed by atoms with Crippen molar-refractivity contribution in [1.29, 1.82) is 0 Å². The highest BCUT2D eigenvalue weighted by Crippen LogP contribution is 2.36. The molecule has 0 spiro atoms. The zero-order chi connectivity index (χ0) is 20.6. The maximum absolute atomic E-state index is 14.9. The van der Waals surface area contributed by atoms with Gasteiger partial charge in [-0.15, -0.1) is 0 Å². The fourth-order valence-electron chi connectivity index (χ4n) is 2.62. The molecule has 7 nitrogen and oxygen atoms in total. The summed E-state index contributed by atoms with van der Waals surface area (Å²) in [7, 11) is -2.75. The number of Topliss-reactive ketones (excluding diaryl/α,β-unsaturated/α-hetero) is 1. The van der Waals surface area contributed by atoms with Gasteiger partial charge in [-0.05, 0) is 34.1 Å². The van der Waals surface area contributed by atoms with Gasteiger partial charge in [-0.25, -0.2) is 18.8 Å². The molecule has 1 aliphatic rings. The van der Waals surface area contributed by atoms with E-state index in [1.165, 1.54) is 19.5 Å². The number of pyridine rings is 1. The van der Waals surface area contributed by atoms with Gasteiger partial charge in [0.05, 0.1) is 17.2 Å². The first kappa shape index (κ1) is 20.5. The third kappa shape index (κ3) is 3.69. The Bertz CT molecular complexity index is 1090. The van der Waals surface area contributed by atoms with Gasteiger partial charge in [0.25, 0.3) is 0 Å². The first-order valence-electron chi connectivity index (χ1n) is 8.11. The van der Waals surface area contributed by atoms with Crippen LogP contribution in [0.3, 0.4) is 0 Å². The molecule has 0 saturated carbocycles. The van der Waals surface area contributed by atoms with E-state index in [-0.39, 0.29) is 12.4 Å². The summed E-state index contributed by atoms with van der Waals surface area (Å²) in [5.74, 6) is -4.03. The van der Waals surface area contributed by atoms with Gasteiger partial charge < -0.3 is 0 Å². The Morgan fingerprint density at radius 3 is 2.75 bits per heavy atom. The van der Waals surface area contributed by atoms with Crippen LogP contribution >= 0.6 is 15.9 Å². The lowest BCUT2D eigenvalue weighted by Gasteiger charge is -2.18. The highest BCUT2D eigenvalue weighted by Gasteiger charge is 2.33. The first-order chi connectivity index (χ1) is 13.2. The number of nitrogens with one attached hydrogen (secondary N) is 1. The summed E-state index contributed by atoms with van der Waals surface area (Å²) in [5, 5.41) is 0. The minimum atomic E-state index is -4.05. The number of hydrogen-bond acceptors (Lipinski definition) is 5. The maximum Gasteiger partial charge on any atom is 0.301 e. The molecule has 1 aliphatic heterocycles. The van der Waals surface area contributed by atoms with Gasteiger partial charge >= 0.3 is 10.2 Å². The van der Waals surface area contributed by atoms with E-state index in [0.29, 0.717) is 10.0 Å². The third-order valence-electron chi connectivity index (χ3n) is 4.26. The molecule has 1 unspecified atom stereocenters. The Kier molecular flexibility index (Phi) is 5.60. The van der Waals surface area contributed by atoms with Gasteiger partial charge in [0.2, 0.25) is 0 Å². The number of aromatic nitrogens is 1. The average Bonchev–Trinajstić information content (AvgIpc) is 3.06. The van der Waals surface area contributed by atoms with Crippen LogP contribution in [0.2, 0.25) is 0 Å². The standard InChI is InChI=1S/C17H15BrF2N4O3S/c1-3-24(2)28(26,27)23-13-5-4-12(19)14(15(13)20)16(25)11-8-22-17-10(11)6-9(18)7-21-17/h4-8,11,23H,3H2,1-2H3. The number of carbonyl (C=O) groups excluding carboxylic acids is 1. The summed E-state index contributed by atoms with van der Waals surface area (Å²) in [6.45, 7) is 1.74. The lowest BCUT2D eigenvalue weighted by atomic mass is 9.92. The maximum atomic E-state index is 14.9. The van der Waals surface area contributed by atoms with E-state index in [1.54, 1.807) is 13.0 Å². The highest BCUT2D eigenvalue weighted by atomic mass is 79.9. The van der Waals surface area contributed by atoms with Crippen LogP contribution in [-0.4, -0.2) is 43.3 Å². The van der Waals surface area contributed by atoms with Gasteiger partial charge in [0, 0.05) is 36.0 Å². The van der Waals surface area contributed by atoms with Crippen LogP contribution in [0.4, 0.5) is 20.3 Å². The molecule has 0 aliphatic carbocycles. The van der Waals surface area contributed by atoms with E-state index in [1.807, 2.05) is 4.72 Å². The van der Waals surface area contributed by atoms with Crippen molar-refractivity contribution in [2.45, 2.75) is 12.8 Å². The van der Waals surface area contributed by atoms with Crippen LogP contribution in [0.15, 0.2) is 33.9 Å². The lowest BCUT2D eigenvalue weighted by Crippen LogP contribution is -2.32. The molecule has 28 heavy (non-hydrogen) atoms. The fourth-order valence-corrected chi connectivity index (χ4v) is 3.90. The molecule has 0 radical (unpaired) electrons. The second-order valence-electron chi connectivity index (χ2n) is 5.99. The van der Waals surface area contributed by atoms with Crippen LogP contribution in [0, 0.1) is 11.6 Å². The molecule has 148 valence electrons. The third-order valence-corrected chi connectivity index (χ3v) is 6.25. The number of carbonyl (C=O) groups is 1. The second-order valence-corrected chi connectivity index (χ2v) is 8.68. The van der Waals surface area contributed by atoms with E-state index >= 15 is 0 Å². The van der Waals surface area contributed by atoms with Gasteiger partial charge in [0.15, 0.2) is 17.4 Å². The van der Waals surface area contributed by atoms with E-state index in [4.69, 9.17) is 0 Å². The fraction of sp³-hybridized carbons (Fsp3) is 0.235. The first-order valence-corrected chi connectivity index (χ1v) is 10.3. The normalized spacial score (nSPS) is 15.7. The molecule has 0 bridgehead atoms. The highest BCUT2D eigenvalue weighted by molar-refractivity contribution is 9.10. The monoisotopic (exact) mass is 472 g/mol. The molecule has 3 rings (SSSR count). The number of ketones is 1. The largest absolute Gasteiger partial charge is 0.301 e. The number of fused-ring (bicyclic) bond motifs is 1. The molecule has 1 aromatic heterocycles. The minimum absolute atomic E-state index is 0.140. The molecular weight excluding hydrogens is 458 g/mol. The summed E-state index contributed by atoms with van der Waals surface area (Å²) in [4.78, 5) is 20.9. The summed E-state index contributed by atoms with van der Waals surface area (Å²) < 4.78 is 57.1. The Balaban J connectivity index is 2.01. The molecule has 1 atom stereocenters. The van der Waals surface area contributed by atoms with E-state index in [9.17, 15) is 22.0 Å². The van der Waals surface area contributed by atoms with Crippen molar-refractivity contribution in [3.63, 3.8) is 0 Å². The number of benzene rings is 1. The van der Waals surface area contributed by atoms with Crippen LogP contribution in [0.1, 0.15) is 28.8 Å². The van der Waals surface area contributed by atoms with Gasteiger partial charge in [-0.1, -0.05) is 6.92 Å². The summed E-state index contributed by atoms with van der Waals surface area (Å²) in [6.07, 6.45) is 2.75. The molecular formula is C17H15BrF2N4O3S. The van der Waals surface area contributed by atoms with E-state index in [2.05, 4.69) is 25.9 Å². The Morgan fingerprint density at radius 2 is 2.07 bits per heavy atom. The quantitative estimate of drug-likeness (QED) is 0.651. The number of anilines is 1. The molecule has 11 heteroatoms. The molecule has 1 aromatic carbocycles. The smallest absolute Gasteiger partial charge is 0.293 e. The zero-order valence-corrected chi connectivity index (χ0v) is 17.2. The zero-order valence-electron chi connectivity index (χ0n) is 14.8. The number of hydrogen-bond donors (Lipinski definition) is 1. The number of nitrogens with zero attached hydrogens (tertiary/aromatic N) is 3. The van der Waals surface area contributed by atoms with Gasteiger partial charge in [-0.2, -0.15) is 12.7 Å². The van der Waals surface area contributed by atoms with Crippen molar-refractivity contribution >= 4 is 49.6 Å². The Morgan fingerprint density at radius 1 is 1.36 bits per heavy atom. The average molecular weight is 473 g/mol. The SMILES string of the molecule is CCN(C)S(=O)(=O)Nc1ccc(F)c(C(=O)C2C=Nc3ncc(Br)cc32)c1F. The van der Waals surface area contributed by atoms with Crippen LogP contribution in [0.25, 0.3) is 0 Å². The van der Waals surface area contributed by atoms with Crippen LogP contribution < -0.4 is 4.72 Å². The molecule has 1 N–H and O–H groups in total. The Labute approximate surface area is 168 Å². The number of rotatable bonds is 6. The molecule has 0 saturated heterocycles. The molecule has 2 heterocycles. The summed E-state index contributed by atoms with van der Waals surface area (Å²) in [5.41, 5.74) is -0.967. The second kappa shape index (κ2) is 7.64. The molecule has 2 aromatic rings. The summed E-state index contributed by atoms with van der Waals surface area (Å²) >= 11 is 3.23. The van der Waals surface area contributed by atoms with Crippen molar-refractivity contribution in [3.05, 3.63) is 51.6 Å². The van der Waals surface area contributed by atoms with Gasteiger partial charge in [0.1, 0.15) is 5.82 Å². The van der Waals surface area contributed by atoms with E-state index < -0.39 is 44.8 Å². The van der Waals surface area contributed by atoms with Crippen LogP contribution in [-0.2, 0) is 10.2 Å². The van der Waals surface area contributed by atoms with Crippen molar-refractivity contribution in [2.75, 3.05) is 18.3 Å². The van der Waals surface area contributed by atoms with Crippen molar-refractivity contribution in [3.8, 4) is 0 Å². The molecule has 0 amide bonds. The number of halogens is 3. The van der Waals surface area contributed by atoms with Crippen molar-refractivity contribution in [2.24, 2.45) is 4.99 Å². The lowest BCUT2D eigenvalue weighted by molar-refractivity contribution is 0.0977. The number of aliphatic imine (C=N–C) groups is 1. The topological polar surface area (TPSA) is 91.7 Å². The van der Waals surface area contributed by atoms with Crippen molar-refractivity contribution < 1.29 is 22.0 Å². The Hall–Kier alpha value is -2.24. The predicted molar refractivity (Wildman–Crippen MR) is 104 cm³/mol. The minimum Gasteiger partial charge on any atom is -0.293 e. The predicted octanol–water partition coefficient (Wildman–Crippen LogP) is 3.41. The molecule has 0 fully saturated rings. The van der Waals surface area contributed by atoms with Crippen LogP contribution in [0.5, 0.6) is 0 Å². The van der Waals surface area contributed by atoms with E-state index in [0.717, 1.165) is 16.4 Å².